The van der Waals surface area contributed by atoms with Crippen molar-refractivity contribution >= 4 is 11.9 Å². The Kier molecular flexibility index (Phi) is 5.07. The Morgan fingerprint density at radius 2 is 2.05 bits per heavy atom. The fourth-order valence-corrected chi connectivity index (χ4v) is 1.43. The van der Waals surface area contributed by atoms with E-state index < -0.39 is 18.1 Å². The second kappa shape index (κ2) is 6.55. The molecular weight excluding hydrogens is 244 g/mol. The molecule has 100 valence electrons. The predicted octanol–water partition coefficient (Wildman–Crippen LogP) is 1.57. The molecule has 2 atom stereocenters. The summed E-state index contributed by atoms with van der Waals surface area (Å²) in [6, 6.07) is 8.02. The van der Waals surface area contributed by atoms with Crippen LogP contribution in [0.5, 0.6) is 0 Å². The van der Waals surface area contributed by atoms with Gasteiger partial charge in [0.2, 0.25) is 0 Å². The van der Waals surface area contributed by atoms with E-state index in [0.29, 0.717) is 5.56 Å². The molecule has 1 aromatic rings. The number of nitrogens with zero attached hydrogens (tertiary/aromatic N) is 1. The van der Waals surface area contributed by atoms with E-state index >= 15 is 0 Å². The minimum atomic E-state index is -0.828. The highest BCUT2D eigenvalue weighted by Crippen LogP contribution is 2.04. The summed E-state index contributed by atoms with van der Waals surface area (Å²) in [6.45, 7) is 4.86. The molecule has 0 aliphatic heterocycles. The zero-order valence-electron chi connectivity index (χ0n) is 11.1. The molecule has 0 saturated heterocycles. The third-order valence-corrected chi connectivity index (χ3v) is 2.46. The van der Waals surface area contributed by atoms with Crippen molar-refractivity contribution < 1.29 is 14.3 Å². The van der Waals surface area contributed by atoms with E-state index in [1.54, 1.807) is 24.3 Å². The number of amides is 1. The Morgan fingerprint density at radius 3 is 2.63 bits per heavy atom. The van der Waals surface area contributed by atoms with Gasteiger partial charge in [-0.1, -0.05) is 17.7 Å². The lowest BCUT2D eigenvalue weighted by Gasteiger charge is -2.14. The number of hydrogen-bond acceptors (Lipinski definition) is 4. The van der Waals surface area contributed by atoms with Crippen LogP contribution in [0.1, 0.15) is 29.8 Å². The maximum Gasteiger partial charge on any atom is 0.329 e. The number of benzene rings is 1. The average molecular weight is 260 g/mol. The van der Waals surface area contributed by atoms with Crippen LogP contribution in [0.25, 0.3) is 0 Å². The van der Waals surface area contributed by atoms with Gasteiger partial charge in [-0.15, -0.1) is 0 Å². The van der Waals surface area contributed by atoms with Gasteiger partial charge in [0.15, 0.2) is 6.10 Å². The summed E-state index contributed by atoms with van der Waals surface area (Å²) in [6.07, 6.45) is -0.828. The molecular formula is C14H16N2O3. The van der Waals surface area contributed by atoms with Crippen molar-refractivity contribution in [1.29, 1.82) is 5.26 Å². The van der Waals surface area contributed by atoms with Crippen molar-refractivity contribution in [2.45, 2.75) is 32.9 Å². The van der Waals surface area contributed by atoms with Crippen LogP contribution < -0.4 is 5.32 Å². The highest BCUT2D eigenvalue weighted by Gasteiger charge is 2.19. The van der Waals surface area contributed by atoms with Gasteiger partial charge in [-0.25, -0.2) is 4.79 Å². The highest BCUT2D eigenvalue weighted by atomic mass is 16.5. The first-order valence-corrected chi connectivity index (χ1v) is 5.91. The van der Waals surface area contributed by atoms with Crippen molar-refractivity contribution in [3.8, 4) is 6.07 Å². The summed E-state index contributed by atoms with van der Waals surface area (Å²) in [7, 11) is 0. The van der Waals surface area contributed by atoms with Crippen LogP contribution >= 0.6 is 0 Å². The second-order valence-corrected chi connectivity index (χ2v) is 4.27. The van der Waals surface area contributed by atoms with Gasteiger partial charge in [0.05, 0.1) is 0 Å². The number of hydrogen-bond donors (Lipinski definition) is 1. The summed E-state index contributed by atoms with van der Waals surface area (Å²) in [4.78, 5) is 23.4. The van der Waals surface area contributed by atoms with Gasteiger partial charge in [-0.05, 0) is 32.9 Å². The molecule has 0 radical (unpaired) electrons. The Balaban J connectivity index is 2.62. The fraction of sp³-hybridized carbons (Fsp3) is 0.357. The molecule has 0 heterocycles. The number of carbonyl (C=O) groups excluding carboxylic acids is 2. The molecule has 1 rings (SSSR count). The van der Waals surface area contributed by atoms with Crippen LogP contribution in [0.2, 0.25) is 0 Å². The van der Waals surface area contributed by atoms with Crippen LogP contribution in [0.15, 0.2) is 24.3 Å². The number of nitrogens with one attached hydrogen (secondary N) is 1. The van der Waals surface area contributed by atoms with Crippen LogP contribution in [-0.4, -0.2) is 24.0 Å². The van der Waals surface area contributed by atoms with Crippen molar-refractivity contribution in [3.63, 3.8) is 0 Å². The summed E-state index contributed by atoms with van der Waals surface area (Å²) < 4.78 is 4.81. The summed E-state index contributed by atoms with van der Waals surface area (Å²) in [5.74, 6) is -0.979. The molecule has 5 heteroatoms. The molecule has 1 amide bonds. The maximum absolute atomic E-state index is 11.9. The molecule has 0 unspecified atom stereocenters. The van der Waals surface area contributed by atoms with Crippen LogP contribution in [0, 0.1) is 18.3 Å². The number of carbonyl (C=O) groups is 2. The minimum Gasteiger partial charge on any atom is -0.446 e. The summed E-state index contributed by atoms with van der Waals surface area (Å²) in [5, 5.41) is 11.1. The Labute approximate surface area is 112 Å². The van der Waals surface area contributed by atoms with Gasteiger partial charge < -0.3 is 10.1 Å². The average Bonchev–Trinajstić information content (AvgIpc) is 2.38. The Morgan fingerprint density at radius 1 is 1.37 bits per heavy atom. The Hall–Kier alpha value is -2.35. The number of esters is 1. The fourth-order valence-electron chi connectivity index (χ4n) is 1.43. The van der Waals surface area contributed by atoms with Crippen molar-refractivity contribution in [1.82, 2.24) is 5.32 Å². The molecule has 0 aromatic heterocycles. The molecule has 19 heavy (non-hydrogen) atoms. The lowest BCUT2D eigenvalue weighted by Crippen LogP contribution is -2.40. The number of rotatable bonds is 4. The van der Waals surface area contributed by atoms with E-state index in [-0.39, 0.29) is 5.91 Å². The third kappa shape index (κ3) is 4.43. The SMILES string of the molecule is Cc1cccc(C(=O)N[C@@H](C)C(=O)O[C@@H](C)C#N)c1. The molecule has 0 bridgehead atoms. The second-order valence-electron chi connectivity index (χ2n) is 4.27. The van der Waals surface area contributed by atoms with Gasteiger partial charge in [0.25, 0.3) is 5.91 Å². The van der Waals surface area contributed by atoms with Crippen LogP contribution in [-0.2, 0) is 9.53 Å². The molecule has 0 aliphatic carbocycles. The molecule has 5 nitrogen and oxygen atoms in total. The largest absolute Gasteiger partial charge is 0.446 e. The molecule has 0 aliphatic rings. The minimum absolute atomic E-state index is 0.349. The first-order valence-electron chi connectivity index (χ1n) is 5.91. The smallest absolute Gasteiger partial charge is 0.329 e. The summed E-state index contributed by atoms with van der Waals surface area (Å²) >= 11 is 0. The molecule has 1 aromatic carbocycles. The van der Waals surface area contributed by atoms with Crippen molar-refractivity contribution in [2.75, 3.05) is 0 Å². The zero-order valence-corrected chi connectivity index (χ0v) is 11.1. The topological polar surface area (TPSA) is 79.2 Å². The highest BCUT2D eigenvalue weighted by molar-refractivity contribution is 5.96. The Bertz CT molecular complexity index is 520. The quantitative estimate of drug-likeness (QED) is 0.833. The van der Waals surface area contributed by atoms with E-state index in [2.05, 4.69) is 5.32 Å². The van der Waals surface area contributed by atoms with Gasteiger partial charge in [-0.2, -0.15) is 5.26 Å². The normalized spacial score (nSPS) is 12.9. The monoisotopic (exact) mass is 260 g/mol. The standard InChI is InChI=1S/C14H16N2O3/c1-9-5-4-6-12(7-9)13(17)16-11(3)14(18)19-10(2)8-15/h4-7,10-11H,1-3H3,(H,16,17)/t10-,11-/m0/s1. The van der Waals surface area contributed by atoms with E-state index in [1.165, 1.54) is 13.8 Å². The lowest BCUT2D eigenvalue weighted by atomic mass is 10.1. The van der Waals surface area contributed by atoms with Crippen LogP contribution in [0.4, 0.5) is 0 Å². The first kappa shape index (κ1) is 14.7. The molecule has 0 spiro atoms. The molecule has 0 fully saturated rings. The van der Waals surface area contributed by atoms with Crippen LogP contribution in [0.3, 0.4) is 0 Å². The third-order valence-electron chi connectivity index (χ3n) is 2.46. The summed E-state index contributed by atoms with van der Waals surface area (Å²) in [5.41, 5.74) is 1.44. The van der Waals surface area contributed by atoms with Gasteiger partial charge >= 0.3 is 5.97 Å². The zero-order chi connectivity index (χ0) is 14.4. The first-order chi connectivity index (χ1) is 8.93. The number of nitriles is 1. The van der Waals surface area contributed by atoms with E-state index in [0.717, 1.165) is 5.56 Å². The number of aryl methyl sites for hydroxylation is 1. The molecule has 1 N–H and O–H groups in total. The van der Waals surface area contributed by atoms with Gasteiger partial charge in [0.1, 0.15) is 12.1 Å². The van der Waals surface area contributed by atoms with Gasteiger partial charge in [-0.3, -0.25) is 4.79 Å². The van der Waals surface area contributed by atoms with E-state index in [4.69, 9.17) is 10.00 Å². The van der Waals surface area contributed by atoms with Crippen molar-refractivity contribution in [2.24, 2.45) is 0 Å². The van der Waals surface area contributed by atoms with Crippen molar-refractivity contribution in [3.05, 3.63) is 35.4 Å². The maximum atomic E-state index is 11.9. The van der Waals surface area contributed by atoms with Gasteiger partial charge in [0, 0.05) is 5.56 Å². The lowest BCUT2D eigenvalue weighted by molar-refractivity contribution is -0.147. The van der Waals surface area contributed by atoms with E-state index in [9.17, 15) is 9.59 Å². The van der Waals surface area contributed by atoms with E-state index in [1.807, 2.05) is 13.0 Å². The number of ether oxygens (including phenoxy) is 1. The molecule has 0 saturated carbocycles. The predicted molar refractivity (Wildman–Crippen MR) is 69.3 cm³/mol.